The maximum absolute atomic E-state index is 4.52. The van der Waals surface area contributed by atoms with Gasteiger partial charge in [-0.05, 0) is 38.6 Å². The fourth-order valence-electron chi connectivity index (χ4n) is 2.36. The molecule has 1 atom stereocenters. The molecule has 1 aliphatic rings. The number of aromatic nitrogens is 1. The molecule has 1 fully saturated rings. The average molecular weight is 253 g/mol. The summed E-state index contributed by atoms with van der Waals surface area (Å²) in [4.78, 5) is 5.83. The molecule has 1 unspecified atom stereocenters. The second kappa shape index (κ2) is 4.94. The summed E-state index contributed by atoms with van der Waals surface area (Å²) >= 11 is 1.75. The van der Waals surface area contributed by atoms with Gasteiger partial charge in [0.15, 0.2) is 5.13 Å². The molecule has 96 valence electrons. The van der Waals surface area contributed by atoms with Gasteiger partial charge in [-0.2, -0.15) is 0 Å². The van der Waals surface area contributed by atoms with Gasteiger partial charge < -0.3 is 10.6 Å². The minimum Gasteiger partial charge on any atom is -0.360 e. The fraction of sp³-hybridized carbons (Fsp3) is 0.769. The molecule has 1 aromatic rings. The molecular formula is C13H23N3S. The van der Waals surface area contributed by atoms with E-state index in [1.807, 2.05) is 0 Å². The number of thiazole rings is 1. The molecule has 2 heterocycles. The normalized spacial score (nSPS) is 23.6. The van der Waals surface area contributed by atoms with Crippen molar-refractivity contribution in [1.82, 2.24) is 10.3 Å². The van der Waals surface area contributed by atoms with E-state index in [1.165, 1.54) is 17.7 Å². The smallest absolute Gasteiger partial charge is 0.183 e. The SMILES string of the molecule is Cc1nc(NCC2NCCCC2(C)C)sc1C. The topological polar surface area (TPSA) is 37.0 Å². The number of piperidine rings is 1. The predicted molar refractivity (Wildman–Crippen MR) is 74.9 cm³/mol. The van der Waals surface area contributed by atoms with E-state index in [0.29, 0.717) is 11.5 Å². The van der Waals surface area contributed by atoms with Crippen molar-refractivity contribution < 1.29 is 0 Å². The largest absolute Gasteiger partial charge is 0.360 e. The number of aryl methyl sites for hydroxylation is 2. The maximum Gasteiger partial charge on any atom is 0.183 e. The summed E-state index contributed by atoms with van der Waals surface area (Å²) in [6, 6.07) is 0.542. The van der Waals surface area contributed by atoms with Crippen LogP contribution in [-0.4, -0.2) is 24.1 Å². The molecule has 2 N–H and O–H groups in total. The first-order valence-corrected chi connectivity index (χ1v) is 7.22. The first-order valence-electron chi connectivity index (χ1n) is 6.40. The Morgan fingerprint density at radius 1 is 1.47 bits per heavy atom. The van der Waals surface area contributed by atoms with Gasteiger partial charge in [-0.1, -0.05) is 13.8 Å². The molecular weight excluding hydrogens is 230 g/mol. The van der Waals surface area contributed by atoms with E-state index >= 15 is 0 Å². The second-order valence-corrected chi connectivity index (χ2v) is 6.84. The Morgan fingerprint density at radius 3 is 2.82 bits per heavy atom. The predicted octanol–water partition coefficient (Wildman–Crippen LogP) is 2.95. The molecule has 1 aliphatic heterocycles. The highest BCUT2D eigenvalue weighted by Crippen LogP contribution is 2.30. The van der Waals surface area contributed by atoms with Gasteiger partial charge >= 0.3 is 0 Å². The summed E-state index contributed by atoms with van der Waals surface area (Å²) < 4.78 is 0. The Hall–Kier alpha value is -0.610. The van der Waals surface area contributed by atoms with E-state index in [1.54, 1.807) is 11.3 Å². The van der Waals surface area contributed by atoms with Crippen LogP contribution in [0.4, 0.5) is 5.13 Å². The van der Waals surface area contributed by atoms with Crippen molar-refractivity contribution in [3.63, 3.8) is 0 Å². The van der Waals surface area contributed by atoms with Crippen LogP contribution in [0.5, 0.6) is 0 Å². The summed E-state index contributed by atoms with van der Waals surface area (Å²) in [6.07, 6.45) is 2.60. The molecule has 1 saturated heterocycles. The molecule has 3 nitrogen and oxygen atoms in total. The highest BCUT2D eigenvalue weighted by atomic mass is 32.1. The van der Waals surface area contributed by atoms with Crippen LogP contribution < -0.4 is 10.6 Å². The molecule has 0 aliphatic carbocycles. The Labute approximate surface area is 108 Å². The van der Waals surface area contributed by atoms with E-state index in [9.17, 15) is 0 Å². The molecule has 2 rings (SSSR count). The van der Waals surface area contributed by atoms with Crippen LogP contribution in [0, 0.1) is 19.3 Å². The van der Waals surface area contributed by atoms with Crippen molar-refractivity contribution >= 4 is 16.5 Å². The quantitative estimate of drug-likeness (QED) is 0.869. The number of nitrogens with zero attached hydrogens (tertiary/aromatic N) is 1. The summed E-state index contributed by atoms with van der Waals surface area (Å²) in [7, 11) is 0. The van der Waals surface area contributed by atoms with E-state index in [-0.39, 0.29) is 0 Å². The Morgan fingerprint density at radius 2 is 2.24 bits per heavy atom. The molecule has 0 radical (unpaired) electrons. The number of hydrogen-bond acceptors (Lipinski definition) is 4. The van der Waals surface area contributed by atoms with Crippen LogP contribution in [0.3, 0.4) is 0 Å². The monoisotopic (exact) mass is 253 g/mol. The third-order valence-electron chi connectivity index (χ3n) is 3.82. The van der Waals surface area contributed by atoms with E-state index in [2.05, 4.69) is 43.3 Å². The summed E-state index contributed by atoms with van der Waals surface area (Å²) in [5.74, 6) is 0. The summed E-state index contributed by atoms with van der Waals surface area (Å²) in [6.45, 7) is 11.0. The van der Waals surface area contributed by atoms with Crippen LogP contribution in [0.25, 0.3) is 0 Å². The zero-order valence-corrected chi connectivity index (χ0v) is 12.1. The summed E-state index contributed by atoms with van der Waals surface area (Å²) in [5, 5.41) is 8.15. The van der Waals surface area contributed by atoms with Crippen molar-refractivity contribution in [2.45, 2.75) is 46.6 Å². The van der Waals surface area contributed by atoms with Gasteiger partial charge in [0.1, 0.15) is 0 Å². The van der Waals surface area contributed by atoms with Gasteiger partial charge in [-0.15, -0.1) is 11.3 Å². The Balaban J connectivity index is 1.93. The van der Waals surface area contributed by atoms with Crippen molar-refractivity contribution in [3.8, 4) is 0 Å². The molecule has 0 saturated carbocycles. The molecule has 0 bridgehead atoms. The first-order chi connectivity index (χ1) is 7.99. The Kier molecular flexibility index (Phi) is 3.73. The van der Waals surface area contributed by atoms with E-state index < -0.39 is 0 Å². The first kappa shape index (κ1) is 12.8. The van der Waals surface area contributed by atoms with Crippen molar-refractivity contribution in [2.75, 3.05) is 18.4 Å². The zero-order chi connectivity index (χ0) is 12.5. The van der Waals surface area contributed by atoms with Crippen LogP contribution in [0.1, 0.15) is 37.3 Å². The van der Waals surface area contributed by atoms with E-state index in [0.717, 1.165) is 23.9 Å². The van der Waals surface area contributed by atoms with Gasteiger partial charge in [0.25, 0.3) is 0 Å². The molecule has 4 heteroatoms. The van der Waals surface area contributed by atoms with Crippen molar-refractivity contribution in [2.24, 2.45) is 5.41 Å². The number of anilines is 1. The lowest BCUT2D eigenvalue weighted by Gasteiger charge is -2.39. The number of hydrogen-bond donors (Lipinski definition) is 2. The molecule has 0 amide bonds. The van der Waals surface area contributed by atoms with Crippen LogP contribution in [0.15, 0.2) is 0 Å². The zero-order valence-electron chi connectivity index (χ0n) is 11.3. The average Bonchev–Trinajstić information content (AvgIpc) is 2.56. The minimum atomic E-state index is 0.382. The molecule has 0 spiro atoms. The van der Waals surface area contributed by atoms with Gasteiger partial charge in [0.05, 0.1) is 5.69 Å². The van der Waals surface area contributed by atoms with Gasteiger partial charge in [-0.25, -0.2) is 4.98 Å². The lowest BCUT2D eigenvalue weighted by atomic mass is 9.77. The minimum absolute atomic E-state index is 0.382. The lowest BCUT2D eigenvalue weighted by Crippen LogP contribution is -2.50. The second-order valence-electron chi connectivity index (χ2n) is 5.64. The van der Waals surface area contributed by atoms with Gasteiger partial charge in [0, 0.05) is 17.5 Å². The standard InChI is InChI=1S/C13H23N3S/c1-9-10(2)17-12(16-9)15-8-11-13(3,4)6-5-7-14-11/h11,14H,5-8H2,1-4H3,(H,15,16). The van der Waals surface area contributed by atoms with Gasteiger partial charge in [0.2, 0.25) is 0 Å². The highest BCUT2D eigenvalue weighted by molar-refractivity contribution is 7.15. The third-order valence-corrected chi connectivity index (χ3v) is 4.85. The molecule has 17 heavy (non-hydrogen) atoms. The lowest BCUT2D eigenvalue weighted by molar-refractivity contribution is 0.188. The summed E-state index contributed by atoms with van der Waals surface area (Å²) in [5.41, 5.74) is 1.53. The fourth-order valence-corrected chi connectivity index (χ4v) is 3.18. The van der Waals surface area contributed by atoms with Crippen LogP contribution in [-0.2, 0) is 0 Å². The molecule has 0 aromatic carbocycles. The Bertz CT molecular complexity index is 365. The van der Waals surface area contributed by atoms with E-state index in [4.69, 9.17) is 0 Å². The number of nitrogens with one attached hydrogen (secondary N) is 2. The van der Waals surface area contributed by atoms with Crippen molar-refractivity contribution in [3.05, 3.63) is 10.6 Å². The van der Waals surface area contributed by atoms with Crippen molar-refractivity contribution in [1.29, 1.82) is 0 Å². The molecule has 1 aromatic heterocycles. The maximum atomic E-state index is 4.52. The number of rotatable bonds is 3. The third kappa shape index (κ3) is 2.99. The highest BCUT2D eigenvalue weighted by Gasteiger charge is 2.31. The van der Waals surface area contributed by atoms with Crippen LogP contribution >= 0.6 is 11.3 Å². The van der Waals surface area contributed by atoms with Crippen LogP contribution in [0.2, 0.25) is 0 Å². The van der Waals surface area contributed by atoms with Gasteiger partial charge in [-0.3, -0.25) is 0 Å².